The normalized spacial score (nSPS) is 19.2. The number of fused-ring (bicyclic) bond motifs is 1. The Kier molecular flexibility index (Phi) is 4.29. The average Bonchev–Trinajstić information content (AvgIpc) is 3.13. The van der Waals surface area contributed by atoms with Gasteiger partial charge in [0.05, 0.1) is 0 Å². The maximum atomic E-state index is 12.7. The van der Waals surface area contributed by atoms with E-state index < -0.39 is 5.54 Å². The number of Topliss-reactive ketones (excluding diaryl/α,β-unsaturated/α-hetero) is 1. The summed E-state index contributed by atoms with van der Waals surface area (Å²) in [6.07, 6.45) is 0. The molecule has 0 radical (unpaired) electrons. The molecule has 1 unspecified atom stereocenters. The second-order valence-corrected chi connectivity index (χ2v) is 6.92. The van der Waals surface area contributed by atoms with Crippen LogP contribution in [-0.2, 0) is 10.3 Å². The van der Waals surface area contributed by atoms with Crippen molar-refractivity contribution in [1.82, 2.24) is 0 Å². The minimum absolute atomic E-state index is 0.165. The Balaban J connectivity index is 1.78. The minimum Gasteiger partial charge on any atom is -0.472 e. The first-order valence-corrected chi connectivity index (χ1v) is 9.19. The second-order valence-electron chi connectivity index (χ2n) is 6.60. The molecule has 0 saturated carbocycles. The molecule has 0 saturated heterocycles. The predicted molar refractivity (Wildman–Crippen MR) is 108 cm³/mol. The molecule has 0 amide bonds. The van der Waals surface area contributed by atoms with Crippen molar-refractivity contribution in [1.29, 1.82) is 0 Å². The van der Waals surface area contributed by atoms with E-state index in [0.29, 0.717) is 17.9 Å². The van der Waals surface area contributed by atoms with Crippen LogP contribution in [0, 0.1) is 6.92 Å². The van der Waals surface area contributed by atoms with Crippen molar-refractivity contribution < 1.29 is 9.53 Å². The number of aryl methyl sites for hydroxylation is 1. The van der Waals surface area contributed by atoms with E-state index in [2.05, 4.69) is 43.8 Å². The first-order valence-electron chi connectivity index (χ1n) is 8.56. The lowest BCUT2D eigenvalue weighted by Crippen LogP contribution is -2.28. The van der Waals surface area contributed by atoms with Crippen molar-refractivity contribution in [2.45, 2.75) is 12.5 Å². The number of carbonyl (C=O) groups is 1. The molecule has 0 fully saturated rings. The molecule has 3 aromatic carbocycles. The summed E-state index contributed by atoms with van der Waals surface area (Å²) < 4.78 is 5.75. The zero-order chi connectivity index (χ0) is 18.1. The van der Waals surface area contributed by atoms with E-state index >= 15 is 0 Å². The molecule has 1 aliphatic rings. The van der Waals surface area contributed by atoms with Gasteiger partial charge in [-0.05, 0) is 34.9 Å². The number of thiol groups is 1. The number of hydrogen-bond donors (Lipinski definition) is 1. The van der Waals surface area contributed by atoms with Gasteiger partial charge in [0, 0.05) is 11.3 Å². The van der Waals surface area contributed by atoms with Crippen LogP contribution in [0.4, 0.5) is 0 Å². The largest absolute Gasteiger partial charge is 0.472 e. The van der Waals surface area contributed by atoms with Crippen molar-refractivity contribution in [3.63, 3.8) is 0 Å². The molecule has 3 aromatic rings. The topological polar surface area (TPSA) is 38.7 Å². The number of ketones is 1. The number of carbonyl (C=O) groups excluding carboxylic acids is 1. The highest BCUT2D eigenvalue weighted by atomic mass is 32.1. The number of benzene rings is 3. The van der Waals surface area contributed by atoms with Crippen LogP contribution in [-0.4, -0.2) is 24.0 Å². The third kappa shape index (κ3) is 2.80. The Morgan fingerprint density at radius 3 is 2.42 bits per heavy atom. The predicted octanol–water partition coefficient (Wildman–Crippen LogP) is 4.58. The van der Waals surface area contributed by atoms with Gasteiger partial charge in [-0.3, -0.25) is 4.79 Å². The van der Waals surface area contributed by atoms with Crippen molar-refractivity contribution in [3.8, 4) is 0 Å². The quantitative estimate of drug-likeness (QED) is 0.545. The van der Waals surface area contributed by atoms with E-state index in [1.54, 1.807) is 12.1 Å². The molecule has 0 N–H and O–H groups in total. The maximum absolute atomic E-state index is 12.7. The first-order chi connectivity index (χ1) is 12.6. The van der Waals surface area contributed by atoms with Gasteiger partial charge in [-0.1, -0.05) is 60.7 Å². The summed E-state index contributed by atoms with van der Waals surface area (Å²) >= 11 is 4.55. The molecule has 4 heteroatoms. The summed E-state index contributed by atoms with van der Waals surface area (Å²) in [5.74, 6) is 0.447. The minimum atomic E-state index is -0.642. The Bertz CT molecular complexity index is 1010. The fourth-order valence-corrected chi connectivity index (χ4v) is 3.77. The Morgan fingerprint density at radius 1 is 1.08 bits per heavy atom. The number of nitrogens with zero attached hydrogens (tertiary/aromatic N) is 1. The summed E-state index contributed by atoms with van der Waals surface area (Å²) in [5, 5.41) is 2.33. The molecule has 1 atom stereocenters. The van der Waals surface area contributed by atoms with Crippen LogP contribution in [0.15, 0.2) is 71.7 Å². The van der Waals surface area contributed by atoms with E-state index in [0.717, 1.165) is 16.5 Å². The van der Waals surface area contributed by atoms with Crippen LogP contribution in [0.5, 0.6) is 0 Å². The van der Waals surface area contributed by atoms with Gasteiger partial charge in [0.2, 0.25) is 5.78 Å². The van der Waals surface area contributed by atoms with Crippen LogP contribution in [0.1, 0.15) is 21.5 Å². The van der Waals surface area contributed by atoms with E-state index in [4.69, 9.17) is 9.73 Å². The fourth-order valence-electron chi connectivity index (χ4n) is 3.44. The van der Waals surface area contributed by atoms with Gasteiger partial charge in [0.15, 0.2) is 0 Å². The van der Waals surface area contributed by atoms with Gasteiger partial charge in [0.25, 0.3) is 5.90 Å². The van der Waals surface area contributed by atoms with Crippen LogP contribution in [0.3, 0.4) is 0 Å². The highest BCUT2D eigenvalue weighted by molar-refractivity contribution is 7.80. The van der Waals surface area contributed by atoms with Gasteiger partial charge in [0.1, 0.15) is 12.1 Å². The molecule has 0 bridgehead atoms. The van der Waals surface area contributed by atoms with Gasteiger partial charge in [-0.25, -0.2) is 4.99 Å². The summed E-state index contributed by atoms with van der Waals surface area (Å²) in [6.45, 7) is 2.39. The summed E-state index contributed by atoms with van der Waals surface area (Å²) in [7, 11) is 0. The lowest BCUT2D eigenvalue weighted by atomic mass is 9.88. The van der Waals surface area contributed by atoms with Crippen LogP contribution in [0.2, 0.25) is 0 Å². The first kappa shape index (κ1) is 16.9. The van der Waals surface area contributed by atoms with E-state index in [-0.39, 0.29) is 11.7 Å². The van der Waals surface area contributed by atoms with E-state index in [9.17, 15) is 4.79 Å². The maximum Gasteiger partial charge on any atom is 0.259 e. The average molecular weight is 361 g/mol. The lowest BCUT2D eigenvalue weighted by molar-refractivity contribution is 0.103. The highest BCUT2D eigenvalue weighted by Crippen LogP contribution is 2.36. The molecule has 4 rings (SSSR count). The SMILES string of the molecule is Cc1cc2ccccc2cc1C1(CS)COC(C(=O)c2ccccc2)=N1. The third-order valence-electron chi connectivity index (χ3n) is 4.85. The number of hydrogen-bond acceptors (Lipinski definition) is 4. The molecule has 1 heterocycles. The molecule has 130 valence electrons. The molecule has 0 spiro atoms. The molecule has 26 heavy (non-hydrogen) atoms. The summed E-state index contributed by atoms with van der Waals surface area (Å²) in [6, 6.07) is 21.6. The van der Waals surface area contributed by atoms with Crippen molar-refractivity contribution >= 4 is 35.1 Å². The lowest BCUT2D eigenvalue weighted by Gasteiger charge is -2.25. The number of rotatable bonds is 4. The molecule has 0 aromatic heterocycles. The van der Waals surface area contributed by atoms with Crippen LogP contribution >= 0.6 is 12.6 Å². The standard InChI is InChI=1S/C22H19NO2S/c1-15-11-17-9-5-6-10-18(17)12-19(15)22(14-26)13-25-21(23-22)20(24)16-7-3-2-4-8-16/h2-12,26H,13-14H2,1H3. The molecule has 0 aliphatic carbocycles. The summed E-state index contributed by atoms with van der Waals surface area (Å²) in [5.41, 5.74) is 2.12. The Labute approximate surface area is 158 Å². The summed E-state index contributed by atoms with van der Waals surface area (Å²) in [4.78, 5) is 17.4. The molecular formula is C22H19NO2S. The smallest absolute Gasteiger partial charge is 0.259 e. The second kappa shape index (κ2) is 6.61. The van der Waals surface area contributed by atoms with Gasteiger partial charge in [-0.2, -0.15) is 12.6 Å². The van der Waals surface area contributed by atoms with Crippen molar-refractivity contribution in [2.75, 3.05) is 12.4 Å². The highest BCUT2D eigenvalue weighted by Gasteiger charge is 2.40. The third-order valence-corrected chi connectivity index (χ3v) is 5.37. The molecular weight excluding hydrogens is 342 g/mol. The molecule has 3 nitrogen and oxygen atoms in total. The molecule has 1 aliphatic heterocycles. The van der Waals surface area contributed by atoms with Crippen LogP contribution in [0.25, 0.3) is 10.8 Å². The fraction of sp³-hybridized carbons (Fsp3) is 0.182. The van der Waals surface area contributed by atoms with Crippen LogP contribution < -0.4 is 0 Å². The van der Waals surface area contributed by atoms with Gasteiger partial charge >= 0.3 is 0 Å². The van der Waals surface area contributed by atoms with Crippen molar-refractivity contribution in [3.05, 3.63) is 83.4 Å². The zero-order valence-electron chi connectivity index (χ0n) is 14.5. The number of aliphatic imine (C=N–C) groups is 1. The number of ether oxygens (including phenoxy) is 1. The van der Waals surface area contributed by atoms with Gasteiger partial charge < -0.3 is 4.74 Å². The Morgan fingerprint density at radius 2 is 1.73 bits per heavy atom. The Hall–Kier alpha value is -2.59. The van der Waals surface area contributed by atoms with E-state index in [1.807, 2.05) is 30.3 Å². The van der Waals surface area contributed by atoms with Gasteiger partial charge in [-0.15, -0.1) is 0 Å². The van der Waals surface area contributed by atoms with Crippen molar-refractivity contribution in [2.24, 2.45) is 4.99 Å². The van der Waals surface area contributed by atoms with E-state index in [1.165, 1.54) is 5.39 Å². The zero-order valence-corrected chi connectivity index (χ0v) is 15.4. The monoisotopic (exact) mass is 361 g/mol.